The van der Waals surface area contributed by atoms with Crippen molar-refractivity contribution in [3.05, 3.63) is 28.8 Å². The van der Waals surface area contributed by atoms with Crippen LogP contribution in [0.2, 0.25) is 0 Å². The number of aromatic nitrogens is 2. The van der Waals surface area contributed by atoms with Gasteiger partial charge in [0.05, 0.1) is 16.3 Å². The normalized spacial score (nSPS) is 19.7. The third kappa shape index (κ3) is 4.20. The number of allylic oxidation sites excluding steroid dienone is 1. The van der Waals surface area contributed by atoms with Crippen LogP contribution in [0.25, 0.3) is 0 Å². The van der Waals surface area contributed by atoms with E-state index in [0.29, 0.717) is 22.0 Å². The Bertz CT molecular complexity index is 658. The molecule has 0 bridgehead atoms. The molecule has 0 spiro atoms. The van der Waals surface area contributed by atoms with Gasteiger partial charge in [-0.1, -0.05) is 19.9 Å². The van der Waals surface area contributed by atoms with Crippen LogP contribution in [0.3, 0.4) is 0 Å². The van der Waals surface area contributed by atoms with E-state index >= 15 is 0 Å². The molecule has 23 heavy (non-hydrogen) atoms. The summed E-state index contributed by atoms with van der Waals surface area (Å²) in [5.41, 5.74) is 2.71. The van der Waals surface area contributed by atoms with E-state index in [4.69, 9.17) is 10.00 Å². The Morgan fingerprint density at radius 3 is 2.91 bits per heavy atom. The lowest BCUT2D eigenvalue weighted by molar-refractivity contribution is 0.173. The van der Waals surface area contributed by atoms with E-state index in [0.717, 1.165) is 19.3 Å². The number of halogens is 1. The van der Waals surface area contributed by atoms with Crippen molar-refractivity contribution in [2.75, 3.05) is 5.01 Å². The Labute approximate surface area is 143 Å². The average Bonchev–Trinajstić information content (AvgIpc) is 2.91. The minimum Gasteiger partial charge on any atom is -0.415 e. The summed E-state index contributed by atoms with van der Waals surface area (Å²) in [7, 11) is 0. The molecule has 8 heteroatoms. The van der Waals surface area contributed by atoms with E-state index in [2.05, 4.69) is 44.8 Å². The van der Waals surface area contributed by atoms with E-state index in [-0.39, 0.29) is 11.9 Å². The first-order chi connectivity index (χ1) is 10.9. The molecule has 1 saturated carbocycles. The van der Waals surface area contributed by atoms with E-state index in [9.17, 15) is 4.79 Å². The zero-order valence-electron chi connectivity index (χ0n) is 13.0. The molecule has 1 aromatic rings. The van der Waals surface area contributed by atoms with Gasteiger partial charge in [0.2, 0.25) is 5.82 Å². The van der Waals surface area contributed by atoms with Crippen LogP contribution in [0.4, 0.5) is 10.6 Å². The van der Waals surface area contributed by atoms with Crippen molar-refractivity contribution in [3.63, 3.8) is 0 Å². The zero-order valence-corrected chi connectivity index (χ0v) is 14.6. The van der Waals surface area contributed by atoms with Gasteiger partial charge in [-0.2, -0.15) is 10.2 Å². The SMILES string of the molecule is C=C(C)OC(=O)NN(c1nc(C#N)ncc1Br)[C@H]1CCC[C@@H]1C. The summed E-state index contributed by atoms with van der Waals surface area (Å²) in [6.07, 6.45) is 3.90. The maximum Gasteiger partial charge on any atom is 0.431 e. The minimum atomic E-state index is -0.638. The summed E-state index contributed by atoms with van der Waals surface area (Å²) in [6.45, 7) is 7.27. The van der Waals surface area contributed by atoms with E-state index < -0.39 is 6.09 Å². The third-order valence-corrected chi connectivity index (χ3v) is 4.24. The second-order valence-corrected chi connectivity index (χ2v) is 6.38. The van der Waals surface area contributed by atoms with Gasteiger partial charge in [-0.25, -0.2) is 15.2 Å². The van der Waals surface area contributed by atoms with Gasteiger partial charge in [-0.3, -0.25) is 5.01 Å². The van der Waals surface area contributed by atoms with Gasteiger partial charge in [0.25, 0.3) is 0 Å². The van der Waals surface area contributed by atoms with Crippen molar-refractivity contribution in [3.8, 4) is 6.07 Å². The molecule has 0 aromatic carbocycles. The number of hydrazine groups is 1. The molecule has 0 aliphatic heterocycles. The van der Waals surface area contributed by atoms with Gasteiger partial charge < -0.3 is 4.74 Å². The van der Waals surface area contributed by atoms with Gasteiger partial charge in [0, 0.05) is 6.20 Å². The fraction of sp³-hybridized carbons (Fsp3) is 0.467. The number of nitrogens with one attached hydrogen (secondary N) is 1. The Morgan fingerprint density at radius 1 is 1.61 bits per heavy atom. The summed E-state index contributed by atoms with van der Waals surface area (Å²) in [4.78, 5) is 20.1. The lowest BCUT2D eigenvalue weighted by Crippen LogP contribution is -2.50. The first kappa shape index (κ1) is 17.2. The molecule has 1 aromatic heterocycles. The lowest BCUT2D eigenvalue weighted by atomic mass is 10.1. The Morgan fingerprint density at radius 2 is 2.35 bits per heavy atom. The quantitative estimate of drug-likeness (QED) is 0.637. The summed E-state index contributed by atoms with van der Waals surface area (Å²) in [6, 6.07) is 1.97. The average molecular weight is 380 g/mol. The third-order valence-electron chi connectivity index (χ3n) is 3.68. The molecule has 1 N–H and O–H groups in total. The highest BCUT2D eigenvalue weighted by Crippen LogP contribution is 2.33. The standard InChI is InChI=1S/C15H18BrN5O2/c1-9(2)23-15(22)20-21(12-6-4-5-10(12)3)14-11(16)8-18-13(7-17)19-14/h8,10,12H,1,4-6H2,2-3H3,(H,20,22)/t10-,12-/m0/s1. The summed E-state index contributed by atoms with van der Waals surface area (Å²) < 4.78 is 5.57. The van der Waals surface area contributed by atoms with Gasteiger partial charge in [-0.15, -0.1) is 0 Å². The van der Waals surface area contributed by atoms with Crippen molar-refractivity contribution in [1.82, 2.24) is 15.4 Å². The minimum absolute atomic E-state index is 0.0360. The number of hydrogen-bond donors (Lipinski definition) is 1. The molecular weight excluding hydrogens is 362 g/mol. The van der Waals surface area contributed by atoms with Crippen molar-refractivity contribution in [2.45, 2.75) is 39.2 Å². The summed E-state index contributed by atoms with van der Waals surface area (Å²) >= 11 is 3.38. The Kier molecular flexibility index (Phi) is 5.55. The van der Waals surface area contributed by atoms with Gasteiger partial charge in [0.1, 0.15) is 6.07 Å². The fourth-order valence-corrected chi connectivity index (χ4v) is 3.04. The smallest absolute Gasteiger partial charge is 0.415 e. The number of ether oxygens (including phenoxy) is 1. The number of hydrogen-bond acceptors (Lipinski definition) is 6. The first-order valence-corrected chi connectivity index (χ1v) is 8.07. The van der Waals surface area contributed by atoms with Gasteiger partial charge in [-0.05, 0) is 41.6 Å². The molecule has 1 heterocycles. The summed E-state index contributed by atoms with van der Waals surface area (Å²) in [5, 5.41) is 10.7. The van der Waals surface area contributed by atoms with Crippen LogP contribution in [0.15, 0.2) is 23.0 Å². The molecule has 122 valence electrons. The topological polar surface area (TPSA) is 91.1 Å². The maximum absolute atomic E-state index is 12.0. The number of anilines is 1. The van der Waals surface area contributed by atoms with Crippen LogP contribution in [0, 0.1) is 17.2 Å². The molecule has 0 unspecified atom stereocenters. The predicted molar refractivity (Wildman–Crippen MR) is 88.2 cm³/mol. The molecule has 2 atom stereocenters. The van der Waals surface area contributed by atoms with Crippen LogP contribution in [-0.2, 0) is 4.74 Å². The van der Waals surface area contributed by atoms with E-state index in [1.807, 2.05) is 6.07 Å². The van der Waals surface area contributed by atoms with Crippen molar-refractivity contribution in [1.29, 1.82) is 5.26 Å². The first-order valence-electron chi connectivity index (χ1n) is 7.28. The number of rotatable bonds is 4. The molecule has 1 amide bonds. The largest absolute Gasteiger partial charge is 0.431 e. The number of nitrogens with zero attached hydrogens (tertiary/aromatic N) is 4. The predicted octanol–water partition coefficient (Wildman–Crippen LogP) is 3.28. The van der Waals surface area contributed by atoms with Crippen LogP contribution in [0.5, 0.6) is 0 Å². The van der Waals surface area contributed by atoms with E-state index in [1.165, 1.54) is 6.20 Å². The number of carbonyl (C=O) groups is 1. The van der Waals surface area contributed by atoms with Crippen LogP contribution in [-0.4, -0.2) is 22.1 Å². The molecule has 0 radical (unpaired) electrons. The highest BCUT2D eigenvalue weighted by molar-refractivity contribution is 9.10. The second kappa shape index (κ2) is 7.42. The van der Waals surface area contributed by atoms with Crippen LogP contribution in [0.1, 0.15) is 38.9 Å². The zero-order chi connectivity index (χ0) is 17.0. The summed E-state index contributed by atoms with van der Waals surface area (Å²) in [5.74, 6) is 1.14. The second-order valence-electron chi connectivity index (χ2n) is 5.53. The molecule has 0 saturated heterocycles. The van der Waals surface area contributed by atoms with Crippen molar-refractivity contribution in [2.24, 2.45) is 5.92 Å². The highest BCUT2D eigenvalue weighted by Gasteiger charge is 2.33. The number of carbonyl (C=O) groups excluding carboxylic acids is 1. The maximum atomic E-state index is 12.0. The molecular formula is C15H18BrN5O2. The van der Waals surface area contributed by atoms with E-state index in [1.54, 1.807) is 11.9 Å². The van der Waals surface area contributed by atoms with Crippen LogP contribution >= 0.6 is 15.9 Å². The van der Waals surface area contributed by atoms with Gasteiger partial charge >= 0.3 is 6.09 Å². The molecule has 1 aliphatic carbocycles. The fourth-order valence-electron chi connectivity index (χ4n) is 2.66. The number of amides is 1. The van der Waals surface area contributed by atoms with Crippen LogP contribution < -0.4 is 10.4 Å². The molecule has 2 rings (SSSR count). The molecule has 1 aliphatic rings. The lowest BCUT2D eigenvalue weighted by Gasteiger charge is -2.32. The molecule has 7 nitrogen and oxygen atoms in total. The molecule has 1 fully saturated rings. The van der Waals surface area contributed by atoms with Crippen molar-refractivity contribution >= 4 is 27.8 Å². The Balaban J connectivity index is 2.35. The van der Waals surface area contributed by atoms with Crippen molar-refractivity contribution < 1.29 is 9.53 Å². The highest BCUT2D eigenvalue weighted by atomic mass is 79.9. The Hall–Kier alpha value is -2.14. The monoisotopic (exact) mass is 379 g/mol. The number of nitriles is 1. The van der Waals surface area contributed by atoms with Gasteiger partial charge in [0.15, 0.2) is 5.82 Å².